The Bertz CT molecular complexity index is 987. The molecule has 7 nitrogen and oxygen atoms in total. The highest BCUT2D eigenvalue weighted by molar-refractivity contribution is 7.22. The number of para-hydroxylation sites is 1. The number of alkyl halides is 3. The smallest absolute Gasteiger partial charge is 0.422 e. The lowest BCUT2D eigenvalue weighted by Crippen LogP contribution is -2.20. The normalized spacial score (nSPS) is 11.4. The molecule has 0 spiro atoms. The van der Waals surface area contributed by atoms with Crippen molar-refractivity contribution < 1.29 is 27.6 Å². The molecule has 0 aliphatic rings. The molecule has 0 bridgehead atoms. The summed E-state index contributed by atoms with van der Waals surface area (Å²) in [5.41, 5.74) is -0.360. The minimum absolute atomic E-state index is 0.206. The number of nitrogens with zero attached hydrogens (tertiary/aromatic N) is 2. The van der Waals surface area contributed by atoms with Crippen molar-refractivity contribution >= 4 is 38.3 Å². The van der Waals surface area contributed by atoms with Crippen LogP contribution in [-0.4, -0.2) is 28.6 Å². The Labute approximate surface area is 153 Å². The summed E-state index contributed by atoms with van der Waals surface area (Å²) in [5.74, 6) is -1.19. The van der Waals surface area contributed by atoms with Gasteiger partial charge in [0.05, 0.1) is 15.1 Å². The molecule has 0 aliphatic carbocycles. The predicted molar refractivity (Wildman–Crippen MR) is 92.2 cm³/mol. The van der Waals surface area contributed by atoms with Crippen LogP contribution in [0.3, 0.4) is 0 Å². The maximum atomic E-state index is 12.4. The monoisotopic (exact) mass is 397 g/mol. The molecule has 0 aliphatic heterocycles. The number of nitro benzene ring substituents is 1. The van der Waals surface area contributed by atoms with E-state index in [2.05, 4.69) is 15.0 Å². The number of aromatic nitrogens is 1. The molecule has 2 aromatic carbocycles. The van der Waals surface area contributed by atoms with Crippen LogP contribution in [0.25, 0.3) is 10.2 Å². The molecule has 0 atom stereocenters. The zero-order valence-electron chi connectivity index (χ0n) is 13.3. The number of halogens is 3. The number of hydrogen-bond acceptors (Lipinski definition) is 6. The van der Waals surface area contributed by atoms with Gasteiger partial charge in [-0.05, 0) is 24.3 Å². The lowest BCUT2D eigenvalue weighted by molar-refractivity contribution is -0.385. The van der Waals surface area contributed by atoms with Gasteiger partial charge in [-0.2, -0.15) is 13.2 Å². The summed E-state index contributed by atoms with van der Waals surface area (Å²) in [6.07, 6.45) is -4.58. The molecular weight excluding hydrogens is 387 g/mol. The number of fused-ring (bicyclic) bond motifs is 1. The largest absolute Gasteiger partial charge is 0.484 e. The average molecular weight is 397 g/mol. The van der Waals surface area contributed by atoms with Crippen molar-refractivity contribution in [2.24, 2.45) is 0 Å². The molecule has 0 radical (unpaired) electrons. The number of carbonyl (C=O) groups excluding carboxylic acids is 1. The summed E-state index contributed by atoms with van der Waals surface area (Å²) in [5, 5.41) is 13.8. The van der Waals surface area contributed by atoms with Crippen LogP contribution in [0.15, 0.2) is 42.5 Å². The topological polar surface area (TPSA) is 94.4 Å². The first-order valence-corrected chi connectivity index (χ1v) is 8.19. The second-order valence-corrected chi connectivity index (χ2v) is 6.31. The molecule has 0 unspecified atom stereocenters. The number of ether oxygens (including phenoxy) is 1. The molecule has 140 valence electrons. The predicted octanol–water partition coefficient (Wildman–Crippen LogP) is 4.40. The fourth-order valence-electron chi connectivity index (χ4n) is 2.20. The van der Waals surface area contributed by atoms with Gasteiger partial charge in [0, 0.05) is 6.07 Å². The number of carbonyl (C=O) groups is 1. The fourth-order valence-corrected chi connectivity index (χ4v) is 3.06. The van der Waals surface area contributed by atoms with Crippen molar-refractivity contribution in [2.45, 2.75) is 6.18 Å². The first-order chi connectivity index (χ1) is 12.7. The number of nitro groups is 1. The maximum Gasteiger partial charge on any atom is 0.422 e. The minimum atomic E-state index is -4.58. The Hall–Kier alpha value is -3.21. The standard InChI is InChI=1S/C16H10F3N3O4S/c17-16(18,19)8-26-9-5-6-12(22(24)25)10(7-9)14(23)21-15-20-11-3-1-2-4-13(11)27-15/h1-7H,8H2,(H,20,21,23). The third-order valence-corrected chi connectivity index (χ3v) is 4.28. The Balaban J connectivity index is 1.87. The van der Waals surface area contributed by atoms with Crippen LogP contribution in [0.4, 0.5) is 24.0 Å². The zero-order valence-corrected chi connectivity index (χ0v) is 14.1. The fraction of sp³-hybridized carbons (Fsp3) is 0.125. The molecule has 1 N–H and O–H groups in total. The van der Waals surface area contributed by atoms with E-state index in [9.17, 15) is 28.1 Å². The number of hydrogen-bond donors (Lipinski definition) is 1. The SMILES string of the molecule is O=C(Nc1nc2ccccc2s1)c1cc(OCC(F)(F)F)ccc1[N+](=O)[O-]. The highest BCUT2D eigenvalue weighted by Gasteiger charge is 2.29. The molecule has 11 heteroatoms. The van der Waals surface area contributed by atoms with Crippen molar-refractivity contribution in [3.63, 3.8) is 0 Å². The van der Waals surface area contributed by atoms with Crippen LogP contribution in [0.2, 0.25) is 0 Å². The molecular formula is C16H10F3N3O4S. The maximum absolute atomic E-state index is 12.4. The third-order valence-electron chi connectivity index (χ3n) is 3.33. The Morgan fingerprint density at radius 2 is 2.00 bits per heavy atom. The van der Waals surface area contributed by atoms with E-state index in [-0.39, 0.29) is 10.9 Å². The van der Waals surface area contributed by atoms with E-state index in [1.54, 1.807) is 24.3 Å². The van der Waals surface area contributed by atoms with Crippen LogP contribution in [0.5, 0.6) is 5.75 Å². The van der Waals surface area contributed by atoms with Crippen molar-refractivity contribution in [3.05, 3.63) is 58.1 Å². The first kappa shape index (κ1) is 18.6. The van der Waals surface area contributed by atoms with Crippen LogP contribution in [0.1, 0.15) is 10.4 Å². The van der Waals surface area contributed by atoms with Crippen LogP contribution >= 0.6 is 11.3 Å². The number of rotatable bonds is 5. The first-order valence-electron chi connectivity index (χ1n) is 7.38. The number of nitrogens with one attached hydrogen (secondary N) is 1. The van der Waals surface area contributed by atoms with Gasteiger partial charge in [0.15, 0.2) is 11.7 Å². The van der Waals surface area contributed by atoms with Gasteiger partial charge in [-0.25, -0.2) is 4.98 Å². The van der Waals surface area contributed by atoms with E-state index in [4.69, 9.17) is 0 Å². The van der Waals surface area contributed by atoms with E-state index in [0.717, 1.165) is 34.2 Å². The lowest BCUT2D eigenvalue weighted by atomic mass is 10.1. The second-order valence-electron chi connectivity index (χ2n) is 5.28. The number of amides is 1. The minimum Gasteiger partial charge on any atom is -0.484 e. The highest BCUT2D eigenvalue weighted by Crippen LogP contribution is 2.29. The van der Waals surface area contributed by atoms with Crippen LogP contribution in [0, 0.1) is 10.1 Å². The van der Waals surface area contributed by atoms with Gasteiger partial charge < -0.3 is 4.74 Å². The lowest BCUT2D eigenvalue weighted by Gasteiger charge is -2.10. The number of thiazole rings is 1. The summed E-state index contributed by atoms with van der Waals surface area (Å²) in [4.78, 5) is 27.0. The van der Waals surface area contributed by atoms with E-state index >= 15 is 0 Å². The third kappa shape index (κ3) is 4.50. The van der Waals surface area contributed by atoms with Gasteiger partial charge in [0.1, 0.15) is 11.3 Å². The summed E-state index contributed by atoms with van der Waals surface area (Å²) >= 11 is 1.16. The van der Waals surface area contributed by atoms with Gasteiger partial charge in [-0.15, -0.1) is 0 Å². The summed E-state index contributed by atoms with van der Waals surface area (Å²) in [6.45, 7) is -1.58. The summed E-state index contributed by atoms with van der Waals surface area (Å²) in [6, 6.07) is 9.88. The van der Waals surface area contributed by atoms with E-state index in [1.807, 2.05) is 0 Å². The molecule has 3 aromatic rings. The highest BCUT2D eigenvalue weighted by atomic mass is 32.1. The van der Waals surface area contributed by atoms with Crippen LogP contribution in [-0.2, 0) is 0 Å². The van der Waals surface area contributed by atoms with Gasteiger partial charge in [-0.1, -0.05) is 23.5 Å². The molecule has 0 fully saturated rings. The van der Waals surface area contributed by atoms with Crippen molar-refractivity contribution in [1.82, 2.24) is 4.98 Å². The molecule has 1 amide bonds. The Kier molecular flexibility index (Phi) is 4.95. The summed E-state index contributed by atoms with van der Waals surface area (Å²) in [7, 11) is 0. The molecule has 0 saturated carbocycles. The molecule has 3 rings (SSSR count). The molecule has 27 heavy (non-hydrogen) atoms. The Morgan fingerprint density at radius 3 is 2.67 bits per heavy atom. The quantitative estimate of drug-likeness (QED) is 0.509. The van der Waals surface area contributed by atoms with Gasteiger partial charge in [0.25, 0.3) is 11.6 Å². The van der Waals surface area contributed by atoms with Crippen molar-refractivity contribution in [3.8, 4) is 5.75 Å². The van der Waals surface area contributed by atoms with E-state index in [1.165, 1.54) is 0 Å². The average Bonchev–Trinajstić information content (AvgIpc) is 3.01. The van der Waals surface area contributed by atoms with Crippen molar-refractivity contribution in [1.29, 1.82) is 0 Å². The van der Waals surface area contributed by atoms with Gasteiger partial charge in [-0.3, -0.25) is 20.2 Å². The molecule has 1 aromatic heterocycles. The second kappa shape index (κ2) is 7.19. The van der Waals surface area contributed by atoms with Crippen molar-refractivity contribution in [2.75, 3.05) is 11.9 Å². The summed E-state index contributed by atoms with van der Waals surface area (Å²) < 4.78 is 42.2. The number of anilines is 1. The molecule has 1 heterocycles. The van der Waals surface area contributed by atoms with E-state index in [0.29, 0.717) is 5.52 Å². The Morgan fingerprint density at radius 1 is 1.26 bits per heavy atom. The zero-order chi connectivity index (χ0) is 19.6. The molecule has 0 saturated heterocycles. The number of benzene rings is 2. The van der Waals surface area contributed by atoms with E-state index < -0.39 is 34.9 Å². The van der Waals surface area contributed by atoms with Gasteiger partial charge in [0.2, 0.25) is 0 Å². The van der Waals surface area contributed by atoms with Gasteiger partial charge >= 0.3 is 6.18 Å². The van der Waals surface area contributed by atoms with Crippen LogP contribution < -0.4 is 10.1 Å².